The van der Waals surface area contributed by atoms with Crippen LogP contribution in [0.15, 0.2) is 85.0 Å². The highest BCUT2D eigenvalue weighted by Gasteiger charge is 2.14. The van der Waals surface area contributed by atoms with Crippen molar-refractivity contribution >= 4 is 11.9 Å². The molecule has 0 aliphatic rings. The van der Waals surface area contributed by atoms with Crippen LogP contribution in [0, 0.1) is 5.92 Å². The number of esters is 2. The molecule has 0 saturated heterocycles. The van der Waals surface area contributed by atoms with Gasteiger partial charge < -0.3 is 24.4 Å². The van der Waals surface area contributed by atoms with E-state index in [1.54, 1.807) is 13.8 Å². The molecule has 0 radical (unpaired) electrons. The summed E-state index contributed by atoms with van der Waals surface area (Å²) in [6, 6.07) is 21.0. The van der Waals surface area contributed by atoms with Gasteiger partial charge in [0.1, 0.15) is 5.75 Å². The summed E-state index contributed by atoms with van der Waals surface area (Å²) in [7, 11) is 0. The van der Waals surface area contributed by atoms with Crippen molar-refractivity contribution in [3.8, 4) is 28.0 Å². The molecule has 7 nitrogen and oxygen atoms in total. The van der Waals surface area contributed by atoms with E-state index in [0.717, 1.165) is 47.1 Å². The van der Waals surface area contributed by atoms with Gasteiger partial charge in [-0.3, -0.25) is 0 Å². The minimum absolute atomic E-state index is 0.1000. The molecule has 3 aromatic rings. The molecule has 0 atom stereocenters. The van der Waals surface area contributed by atoms with Gasteiger partial charge in [0.05, 0.1) is 19.8 Å². The number of carbonyl (C=O) groups is 2. The van der Waals surface area contributed by atoms with Gasteiger partial charge in [-0.1, -0.05) is 68.6 Å². The second-order valence-electron chi connectivity index (χ2n) is 11.3. The normalized spacial score (nSPS) is 10.9. The first-order valence-electron chi connectivity index (χ1n) is 15.5. The summed E-state index contributed by atoms with van der Waals surface area (Å²) in [6.07, 6.45) is 3.40. The number of aliphatic hydroxyl groups is 2. The second kappa shape index (κ2) is 17.9. The summed E-state index contributed by atoms with van der Waals surface area (Å²) in [6.45, 7) is 13.4. The lowest BCUT2D eigenvalue weighted by molar-refractivity contribution is -0.139. The molecule has 7 heteroatoms. The Labute approximate surface area is 267 Å². The molecule has 0 aliphatic heterocycles. The van der Waals surface area contributed by atoms with Gasteiger partial charge in [-0.25, -0.2) is 9.59 Å². The van der Waals surface area contributed by atoms with Crippen LogP contribution in [-0.4, -0.2) is 55.2 Å². The zero-order valence-corrected chi connectivity index (χ0v) is 26.8. The van der Waals surface area contributed by atoms with Gasteiger partial charge in [0.15, 0.2) is 0 Å². The Morgan fingerprint density at radius 2 is 1.33 bits per heavy atom. The minimum Gasteiger partial charge on any atom is -0.493 e. The van der Waals surface area contributed by atoms with Crippen LogP contribution in [0.2, 0.25) is 0 Å². The topological polar surface area (TPSA) is 102 Å². The number of hydrogen-bond acceptors (Lipinski definition) is 7. The molecular weight excluding hydrogens is 568 g/mol. The first-order valence-corrected chi connectivity index (χ1v) is 15.5. The van der Waals surface area contributed by atoms with Crippen LogP contribution in [0.4, 0.5) is 0 Å². The highest BCUT2D eigenvalue weighted by Crippen LogP contribution is 2.33. The van der Waals surface area contributed by atoms with E-state index in [0.29, 0.717) is 43.0 Å². The van der Waals surface area contributed by atoms with Crippen molar-refractivity contribution in [2.24, 2.45) is 5.92 Å². The quantitative estimate of drug-likeness (QED) is 0.0938. The smallest absolute Gasteiger partial charge is 0.333 e. The van der Waals surface area contributed by atoms with Crippen LogP contribution in [-0.2, 0) is 38.3 Å². The van der Waals surface area contributed by atoms with E-state index >= 15 is 0 Å². The van der Waals surface area contributed by atoms with Crippen molar-refractivity contribution in [1.29, 1.82) is 0 Å². The van der Waals surface area contributed by atoms with Crippen molar-refractivity contribution in [3.63, 3.8) is 0 Å². The second-order valence-corrected chi connectivity index (χ2v) is 11.3. The zero-order valence-electron chi connectivity index (χ0n) is 26.8. The van der Waals surface area contributed by atoms with E-state index in [1.807, 2.05) is 12.1 Å². The Morgan fingerprint density at radius 1 is 0.733 bits per heavy atom. The largest absolute Gasteiger partial charge is 0.493 e. The predicted octanol–water partition coefficient (Wildman–Crippen LogP) is 6.67. The third-order valence-electron chi connectivity index (χ3n) is 7.59. The summed E-state index contributed by atoms with van der Waals surface area (Å²) in [5.41, 5.74) is 8.47. The fourth-order valence-corrected chi connectivity index (χ4v) is 4.81. The van der Waals surface area contributed by atoms with E-state index in [2.05, 4.69) is 68.6 Å². The van der Waals surface area contributed by atoms with Gasteiger partial charge in [0.25, 0.3) is 0 Å². The molecule has 0 heterocycles. The van der Waals surface area contributed by atoms with Crippen LogP contribution in [0.1, 0.15) is 50.3 Å². The molecule has 45 heavy (non-hydrogen) atoms. The Bertz CT molecular complexity index is 1450. The Morgan fingerprint density at radius 3 is 1.96 bits per heavy atom. The van der Waals surface area contributed by atoms with E-state index in [4.69, 9.17) is 14.2 Å². The van der Waals surface area contributed by atoms with Crippen LogP contribution in [0.5, 0.6) is 5.75 Å². The highest BCUT2D eigenvalue weighted by molar-refractivity contribution is 5.87. The SMILES string of the molecule is C=C(C)C(=O)OCCCc1ccc(-c2ccc(-c3ccc(OCCC(CO)CO)c(CCOC(=O)C(=C)C)c3)c(CC)c2)cc1. The van der Waals surface area contributed by atoms with Crippen LogP contribution in [0.25, 0.3) is 22.3 Å². The summed E-state index contributed by atoms with van der Waals surface area (Å²) < 4.78 is 16.6. The predicted molar refractivity (Wildman–Crippen MR) is 178 cm³/mol. The number of aryl methyl sites for hydroxylation is 2. The number of rotatable bonds is 18. The molecule has 0 spiro atoms. The van der Waals surface area contributed by atoms with Crippen molar-refractivity contribution in [3.05, 3.63) is 102 Å². The van der Waals surface area contributed by atoms with Crippen molar-refractivity contribution in [1.82, 2.24) is 0 Å². The third kappa shape index (κ3) is 10.7. The molecule has 0 fully saturated rings. The van der Waals surface area contributed by atoms with Gasteiger partial charge in [0, 0.05) is 36.7 Å². The Balaban J connectivity index is 1.77. The van der Waals surface area contributed by atoms with Crippen molar-refractivity contribution < 1.29 is 34.0 Å². The zero-order chi connectivity index (χ0) is 32.8. The monoisotopic (exact) mass is 614 g/mol. The van der Waals surface area contributed by atoms with E-state index in [1.165, 1.54) is 11.1 Å². The minimum atomic E-state index is -0.427. The standard InChI is InChI=1S/C38H46O7/c1-6-30-22-32(31-11-9-28(10-12-31)8-7-19-44-37(41)26(2)3)13-15-35(30)33-14-16-36(43-20-17-29(24-39)25-40)34(23-33)18-21-45-38(42)27(4)5/h9-16,22-23,29,39-40H,2,4,6-8,17-21,24-25H2,1,3,5H3. The number of ether oxygens (including phenoxy) is 3. The fourth-order valence-electron chi connectivity index (χ4n) is 4.81. The van der Waals surface area contributed by atoms with E-state index in [-0.39, 0.29) is 31.7 Å². The van der Waals surface area contributed by atoms with Gasteiger partial charge in [-0.05, 0) is 90.6 Å². The maximum Gasteiger partial charge on any atom is 0.333 e. The highest BCUT2D eigenvalue weighted by atomic mass is 16.5. The lowest BCUT2D eigenvalue weighted by Gasteiger charge is -2.17. The van der Waals surface area contributed by atoms with Gasteiger partial charge in [-0.15, -0.1) is 0 Å². The summed E-state index contributed by atoms with van der Waals surface area (Å²) in [5, 5.41) is 18.8. The van der Waals surface area contributed by atoms with Gasteiger partial charge in [-0.2, -0.15) is 0 Å². The van der Waals surface area contributed by atoms with Crippen LogP contribution in [0.3, 0.4) is 0 Å². The van der Waals surface area contributed by atoms with Crippen LogP contribution >= 0.6 is 0 Å². The molecule has 3 aromatic carbocycles. The molecule has 0 saturated carbocycles. The number of aliphatic hydroxyl groups excluding tert-OH is 2. The first kappa shape index (κ1) is 35.3. The fraction of sp³-hybridized carbons (Fsp3) is 0.368. The maximum absolute atomic E-state index is 12.0. The maximum atomic E-state index is 12.0. The summed E-state index contributed by atoms with van der Waals surface area (Å²) in [4.78, 5) is 23.5. The average molecular weight is 615 g/mol. The lowest BCUT2D eigenvalue weighted by atomic mass is 9.92. The van der Waals surface area contributed by atoms with E-state index < -0.39 is 5.97 Å². The molecule has 3 rings (SSSR count). The molecule has 240 valence electrons. The average Bonchev–Trinajstić information content (AvgIpc) is 3.05. The summed E-state index contributed by atoms with van der Waals surface area (Å²) >= 11 is 0. The molecule has 0 unspecified atom stereocenters. The molecule has 0 aromatic heterocycles. The Hall–Kier alpha value is -4.20. The number of hydrogen-bond donors (Lipinski definition) is 2. The van der Waals surface area contributed by atoms with Crippen molar-refractivity contribution in [2.45, 2.75) is 52.9 Å². The Kier molecular flexibility index (Phi) is 14.1. The lowest BCUT2D eigenvalue weighted by Crippen LogP contribution is -2.15. The van der Waals surface area contributed by atoms with Gasteiger partial charge in [0.2, 0.25) is 0 Å². The molecule has 2 N–H and O–H groups in total. The number of benzene rings is 3. The summed E-state index contributed by atoms with van der Waals surface area (Å²) in [5.74, 6) is -0.326. The van der Waals surface area contributed by atoms with Crippen LogP contribution < -0.4 is 4.74 Å². The molecule has 0 aliphatic carbocycles. The third-order valence-corrected chi connectivity index (χ3v) is 7.59. The molecule has 0 bridgehead atoms. The number of carbonyl (C=O) groups excluding carboxylic acids is 2. The first-order chi connectivity index (χ1) is 21.7. The van der Waals surface area contributed by atoms with E-state index in [9.17, 15) is 19.8 Å². The molecule has 0 amide bonds. The molecular formula is C38H46O7. The van der Waals surface area contributed by atoms with Crippen molar-refractivity contribution in [2.75, 3.05) is 33.0 Å². The van der Waals surface area contributed by atoms with Gasteiger partial charge >= 0.3 is 11.9 Å².